The third-order valence-electron chi connectivity index (χ3n) is 4.05. The van der Waals surface area contributed by atoms with Crippen LogP contribution in [0, 0.1) is 31.1 Å². The minimum atomic E-state index is -1.00. The normalized spacial score (nSPS) is 12.9. The first-order valence-corrected chi connectivity index (χ1v) is 7.76. The van der Waals surface area contributed by atoms with Crippen molar-refractivity contribution in [1.82, 2.24) is 5.32 Å². The summed E-state index contributed by atoms with van der Waals surface area (Å²) in [6.07, 6.45) is 0. The Morgan fingerprint density at radius 3 is 2.54 bits per heavy atom. The number of hydrogen-bond acceptors (Lipinski definition) is 5. The zero-order chi connectivity index (χ0) is 18.3. The summed E-state index contributed by atoms with van der Waals surface area (Å²) in [6, 6.07) is 7.61. The number of nitrogens with zero attached hydrogens (tertiary/aromatic N) is 1. The molecule has 0 aliphatic heterocycles. The van der Waals surface area contributed by atoms with Gasteiger partial charge in [0.05, 0.1) is 6.07 Å². The number of rotatable bonds is 7. The maximum absolute atomic E-state index is 11.8. The van der Waals surface area contributed by atoms with Crippen molar-refractivity contribution in [3.05, 3.63) is 29.3 Å². The van der Waals surface area contributed by atoms with Crippen LogP contribution >= 0.6 is 0 Å². The number of aryl methyl sites for hydroxylation is 1. The molecule has 1 atom stereocenters. The maximum Gasteiger partial charge on any atom is 0.344 e. The lowest BCUT2D eigenvalue weighted by Gasteiger charge is -2.27. The molecule has 24 heavy (non-hydrogen) atoms. The van der Waals surface area contributed by atoms with Crippen LogP contribution in [0.15, 0.2) is 18.2 Å². The molecule has 1 aromatic rings. The van der Waals surface area contributed by atoms with Gasteiger partial charge < -0.3 is 14.8 Å². The summed E-state index contributed by atoms with van der Waals surface area (Å²) in [6.45, 7) is 8.40. The number of amides is 1. The van der Waals surface area contributed by atoms with Crippen LogP contribution < -0.4 is 10.1 Å². The average molecular weight is 332 g/mol. The highest BCUT2D eigenvalue weighted by molar-refractivity contribution is 5.81. The van der Waals surface area contributed by atoms with E-state index in [4.69, 9.17) is 14.7 Å². The number of benzene rings is 1. The van der Waals surface area contributed by atoms with Gasteiger partial charge in [-0.05, 0) is 43.9 Å². The minimum Gasteiger partial charge on any atom is -0.482 e. The molecule has 0 radical (unpaired) electrons. The van der Waals surface area contributed by atoms with Gasteiger partial charge in [-0.2, -0.15) is 5.26 Å². The molecule has 0 saturated heterocycles. The van der Waals surface area contributed by atoms with E-state index in [0.29, 0.717) is 5.75 Å². The monoisotopic (exact) mass is 332 g/mol. The number of nitriles is 1. The molecular formula is C18H24N2O4. The number of carbonyl (C=O) groups is 2. The summed E-state index contributed by atoms with van der Waals surface area (Å²) in [5, 5.41) is 11.7. The van der Waals surface area contributed by atoms with E-state index in [-0.39, 0.29) is 12.5 Å². The Balaban J connectivity index is 2.45. The Bertz CT molecular complexity index is 649. The molecule has 0 fully saturated rings. The van der Waals surface area contributed by atoms with Crippen LogP contribution in [-0.2, 0) is 14.3 Å². The van der Waals surface area contributed by atoms with Crippen molar-refractivity contribution in [3.8, 4) is 11.8 Å². The van der Waals surface area contributed by atoms with Gasteiger partial charge in [-0.15, -0.1) is 0 Å². The quantitative estimate of drug-likeness (QED) is 0.774. The molecule has 0 aromatic heterocycles. The maximum atomic E-state index is 11.8. The van der Waals surface area contributed by atoms with Gasteiger partial charge in [0.25, 0.3) is 5.91 Å². The van der Waals surface area contributed by atoms with Crippen LogP contribution in [0.4, 0.5) is 0 Å². The molecule has 0 aliphatic carbocycles. The van der Waals surface area contributed by atoms with E-state index in [1.807, 2.05) is 39.8 Å². The predicted octanol–water partition coefficient (Wildman–Crippen LogP) is 2.28. The SMILES string of the molecule is Cc1cccc(OCC(=O)OCC(=O)N[C@@](C)(C#N)C(C)C)c1C. The first kappa shape index (κ1) is 19.5. The summed E-state index contributed by atoms with van der Waals surface area (Å²) in [5.74, 6) is -0.634. The van der Waals surface area contributed by atoms with Gasteiger partial charge in [0, 0.05) is 0 Å². The van der Waals surface area contributed by atoms with Gasteiger partial charge in [0.15, 0.2) is 13.2 Å². The van der Waals surface area contributed by atoms with Crippen molar-refractivity contribution >= 4 is 11.9 Å². The molecule has 130 valence electrons. The second kappa shape index (κ2) is 8.34. The molecule has 0 spiro atoms. The molecule has 1 N–H and O–H groups in total. The Morgan fingerprint density at radius 2 is 1.96 bits per heavy atom. The second-order valence-electron chi connectivity index (χ2n) is 6.16. The summed E-state index contributed by atoms with van der Waals surface area (Å²) in [7, 11) is 0. The lowest BCUT2D eigenvalue weighted by Crippen LogP contribution is -2.50. The average Bonchev–Trinajstić information content (AvgIpc) is 2.54. The first-order valence-electron chi connectivity index (χ1n) is 7.76. The highest BCUT2D eigenvalue weighted by Gasteiger charge is 2.30. The van der Waals surface area contributed by atoms with Gasteiger partial charge in [0.2, 0.25) is 0 Å². The number of hydrogen-bond donors (Lipinski definition) is 1. The fourth-order valence-corrected chi connectivity index (χ4v) is 1.83. The summed E-state index contributed by atoms with van der Waals surface area (Å²) in [5.41, 5.74) is 1.01. The Labute approximate surface area is 142 Å². The highest BCUT2D eigenvalue weighted by atomic mass is 16.6. The lowest BCUT2D eigenvalue weighted by molar-refractivity contribution is -0.150. The lowest BCUT2D eigenvalue weighted by atomic mass is 9.90. The number of carbonyl (C=O) groups excluding carboxylic acids is 2. The van der Waals surface area contributed by atoms with Gasteiger partial charge in [0.1, 0.15) is 11.3 Å². The van der Waals surface area contributed by atoms with Gasteiger partial charge >= 0.3 is 5.97 Å². The molecule has 6 heteroatoms. The molecule has 0 saturated carbocycles. The number of nitrogens with one attached hydrogen (secondary N) is 1. The van der Waals surface area contributed by atoms with Crippen molar-refractivity contribution < 1.29 is 19.1 Å². The van der Waals surface area contributed by atoms with Crippen molar-refractivity contribution in [1.29, 1.82) is 5.26 Å². The van der Waals surface area contributed by atoms with E-state index in [2.05, 4.69) is 11.4 Å². The van der Waals surface area contributed by atoms with Crippen LogP contribution in [0.5, 0.6) is 5.75 Å². The van der Waals surface area contributed by atoms with Gasteiger partial charge in [-0.1, -0.05) is 26.0 Å². The Kier molecular flexibility index (Phi) is 6.78. The van der Waals surface area contributed by atoms with Crippen molar-refractivity contribution in [2.24, 2.45) is 5.92 Å². The van der Waals surface area contributed by atoms with Crippen LogP contribution in [0.1, 0.15) is 31.9 Å². The molecule has 0 heterocycles. The molecule has 1 rings (SSSR count). The third kappa shape index (κ3) is 5.27. The van der Waals surface area contributed by atoms with Crippen LogP contribution in [0.3, 0.4) is 0 Å². The zero-order valence-electron chi connectivity index (χ0n) is 14.8. The predicted molar refractivity (Wildman–Crippen MR) is 89.4 cm³/mol. The zero-order valence-corrected chi connectivity index (χ0v) is 14.8. The Morgan fingerprint density at radius 1 is 1.29 bits per heavy atom. The van der Waals surface area contributed by atoms with Crippen molar-refractivity contribution in [3.63, 3.8) is 0 Å². The Hall–Kier alpha value is -2.55. The van der Waals surface area contributed by atoms with E-state index in [1.54, 1.807) is 13.0 Å². The molecule has 0 bridgehead atoms. The van der Waals surface area contributed by atoms with E-state index in [1.165, 1.54) is 0 Å². The molecule has 6 nitrogen and oxygen atoms in total. The van der Waals surface area contributed by atoms with E-state index in [9.17, 15) is 9.59 Å². The first-order chi connectivity index (χ1) is 11.2. The number of ether oxygens (including phenoxy) is 2. The summed E-state index contributed by atoms with van der Waals surface area (Å²) < 4.78 is 10.3. The topological polar surface area (TPSA) is 88.4 Å². The third-order valence-corrected chi connectivity index (χ3v) is 4.05. The van der Waals surface area contributed by atoms with Crippen LogP contribution in [-0.4, -0.2) is 30.6 Å². The minimum absolute atomic E-state index is 0.0743. The van der Waals surface area contributed by atoms with Crippen molar-refractivity contribution in [2.75, 3.05) is 13.2 Å². The smallest absolute Gasteiger partial charge is 0.344 e. The van der Waals surface area contributed by atoms with E-state index < -0.39 is 24.0 Å². The fraction of sp³-hybridized carbons (Fsp3) is 0.500. The second-order valence-corrected chi connectivity index (χ2v) is 6.16. The summed E-state index contributed by atoms with van der Waals surface area (Å²) >= 11 is 0. The molecule has 1 amide bonds. The molecule has 0 unspecified atom stereocenters. The fourth-order valence-electron chi connectivity index (χ4n) is 1.83. The van der Waals surface area contributed by atoms with Gasteiger partial charge in [-0.3, -0.25) is 4.79 Å². The van der Waals surface area contributed by atoms with E-state index >= 15 is 0 Å². The van der Waals surface area contributed by atoms with Crippen LogP contribution in [0.2, 0.25) is 0 Å². The van der Waals surface area contributed by atoms with Crippen LogP contribution in [0.25, 0.3) is 0 Å². The largest absolute Gasteiger partial charge is 0.482 e. The highest BCUT2D eigenvalue weighted by Crippen LogP contribution is 2.20. The molecule has 1 aromatic carbocycles. The molecular weight excluding hydrogens is 308 g/mol. The number of esters is 1. The molecule has 0 aliphatic rings. The van der Waals surface area contributed by atoms with Crippen molar-refractivity contribution in [2.45, 2.75) is 40.2 Å². The van der Waals surface area contributed by atoms with Gasteiger partial charge in [-0.25, -0.2) is 4.79 Å². The van der Waals surface area contributed by atoms with E-state index in [0.717, 1.165) is 11.1 Å². The standard InChI is InChI=1S/C18H24N2O4/c1-12(2)18(5,11-19)20-16(21)9-24-17(22)10-23-15-8-6-7-13(3)14(15)4/h6-8,12H,9-10H2,1-5H3,(H,20,21)/t18-/m0/s1. The summed E-state index contributed by atoms with van der Waals surface area (Å²) in [4.78, 5) is 23.5.